The highest BCUT2D eigenvalue weighted by molar-refractivity contribution is 5.75. The third-order valence-electron chi connectivity index (χ3n) is 10.8. The van der Waals surface area contributed by atoms with Gasteiger partial charge in [-0.25, -0.2) is 9.59 Å². The fraction of sp³-hybridized carbons (Fsp3) is 0.289. The molecule has 2 aliphatic rings. The molecule has 3 atom stereocenters. The Morgan fingerprint density at radius 1 is 0.727 bits per heavy atom. The van der Waals surface area contributed by atoms with Gasteiger partial charge < -0.3 is 35.1 Å². The van der Waals surface area contributed by atoms with Gasteiger partial charge in [-0.05, 0) is 64.4 Å². The van der Waals surface area contributed by atoms with Crippen LogP contribution in [0.2, 0.25) is 0 Å². The molecule has 5 aromatic carbocycles. The third-order valence-corrected chi connectivity index (χ3v) is 10.8. The summed E-state index contributed by atoms with van der Waals surface area (Å²) in [6.45, 7) is 3.40. The normalized spacial score (nSPS) is 19.3. The molecule has 0 saturated carbocycles. The van der Waals surface area contributed by atoms with Crippen molar-refractivity contribution in [1.29, 1.82) is 0 Å². The van der Waals surface area contributed by atoms with Gasteiger partial charge in [-0.2, -0.15) is 0 Å². The lowest BCUT2D eigenvalue weighted by molar-refractivity contribution is -0.253. The highest BCUT2D eigenvalue weighted by Crippen LogP contribution is 2.39. The summed E-state index contributed by atoms with van der Waals surface area (Å²) < 4.78 is 15.3. The van der Waals surface area contributed by atoms with Crippen molar-refractivity contribution in [1.82, 2.24) is 25.1 Å². The Hall–Kier alpha value is -5.52. The van der Waals surface area contributed by atoms with Gasteiger partial charge in [0.15, 0.2) is 6.29 Å². The molecule has 4 N–H and O–H groups in total. The van der Waals surface area contributed by atoms with Crippen LogP contribution in [0.3, 0.4) is 0 Å². The first kappa shape index (κ1) is 36.5. The summed E-state index contributed by atoms with van der Waals surface area (Å²) in [7, 11) is 0. The molecule has 2 saturated heterocycles. The summed E-state index contributed by atoms with van der Waals surface area (Å²) in [5.74, 6) is 0. The second-order valence-corrected chi connectivity index (χ2v) is 14.5. The molecule has 2 aliphatic heterocycles. The fourth-order valence-corrected chi connectivity index (χ4v) is 7.83. The third kappa shape index (κ3) is 8.74. The number of amides is 2. The number of imidazole rings is 1. The Morgan fingerprint density at radius 2 is 1.42 bits per heavy atom. The number of likely N-dealkylation sites (tertiary alicyclic amines) is 1. The van der Waals surface area contributed by atoms with Gasteiger partial charge in [0, 0.05) is 50.7 Å². The number of fused-ring (bicyclic) bond motifs is 1. The number of aromatic nitrogens is 2. The van der Waals surface area contributed by atoms with E-state index < -0.39 is 6.29 Å². The monoisotopic (exact) mass is 737 g/mol. The number of nitrogens with one attached hydrogen (secondary N) is 3. The van der Waals surface area contributed by atoms with E-state index in [4.69, 9.17) is 9.47 Å². The van der Waals surface area contributed by atoms with E-state index in [1.807, 2.05) is 95.6 Å². The van der Waals surface area contributed by atoms with Gasteiger partial charge in [-0.1, -0.05) is 109 Å². The number of aliphatic hydroxyl groups is 1. The molecule has 0 spiro atoms. The molecule has 2 fully saturated rings. The number of para-hydroxylation sites is 2. The van der Waals surface area contributed by atoms with Gasteiger partial charge in [-0.3, -0.25) is 4.57 Å². The number of urea groups is 1. The standard InChI is InChI=1S/C45H47N5O5/c51-30-32-13-15-35(16-14-32)42-26-39(29-49-23-21-38(22-24-49)50-41-12-5-4-11-40(41)48-45(50)53)54-43(55-42)36-19-17-34(18-20-36)37-10-6-9-33(25-37)28-47-44(52)46-27-31-7-2-1-3-8-31/h1-20,25,38-39,42-43,51H,21-24,26-30H2,(H,48,53)(H2,46,47,52)/t39-,42+,43+/m0/s1. The molecule has 10 heteroatoms. The lowest BCUT2D eigenvalue weighted by Gasteiger charge is -2.40. The number of aromatic amines is 1. The van der Waals surface area contributed by atoms with Crippen LogP contribution < -0.4 is 16.3 Å². The molecule has 282 valence electrons. The van der Waals surface area contributed by atoms with Gasteiger partial charge in [-0.15, -0.1) is 0 Å². The Kier molecular flexibility index (Phi) is 11.2. The number of benzene rings is 5. The summed E-state index contributed by atoms with van der Waals surface area (Å²) in [6.07, 6.45) is 1.69. The smallest absolute Gasteiger partial charge is 0.326 e. The minimum absolute atomic E-state index is 0.00333. The zero-order valence-electron chi connectivity index (χ0n) is 30.8. The van der Waals surface area contributed by atoms with E-state index in [0.29, 0.717) is 19.5 Å². The van der Waals surface area contributed by atoms with Crippen LogP contribution in [-0.2, 0) is 29.2 Å². The number of aliphatic hydroxyl groups excluding tert-OH is 1. The molecule has 6 aromatic rings. The predicted molar refractivity (Wildman–Crippen MR) is 213 cm³/mol. The van der Waals surface area contributed by atoms with Crippen molar-refractivity contribution in [2.45, 2.75) is 63.5 Å². The topological polar surface area (TPSA) is 121 Å². The zero-order chi connectivity index (χ0) is 37.6. The minimum Gasteiger partial charge on any atom is -0.392 e. The number of nitrogens with zero attached hydrogens (tertiary/aromatic N) is 2. The van der Waals surface area contributed by atoms with Gasteiger partial charge in [0.1, 0.15) is 0 Å². The number of hydrogen-bond donors (Lipinski definition) is 4. The Bertz CT molecular complexity index is 2240. The summed E-state index contributed by atoms with van der Waals surface area (Å²) in [5, 5.41) is 15.5. The van der Waals surface area contributed by atoms with Gasteiger partial charge >= 0.3 is 11.7 Å². The molecule has 2 amide bonds. The first-order valence-corrected chi connectivity index (χ1v) is 19.2. The van der Waals surface area contributed by atoms with Crippen molar-refractivity contribution in [3.63, 3.8) is 0 Å². The molecule has 3 heterocycles. The molecule has 10 nitrogen and oxygen atoms in total. The van der Waals surface area contributed by atoms with Gasteiger partial charge in [0.25, 0.3) is 0 Å². The summed E-state index contributed by atoms with van der Waals surface area (Å²) in [6, 6.07) is 42.2. The van der Waals surface area contributed by atoms with E-state index in [2.05, 4.69) is 56.9 Å². The Balaban J connectivity index is 0.922. The Labute approximate surface area is 320 Å². The minimum atomic E-state index is -0.553. The van der Waals surface area contributed by atoms with Gasteiger partial charge in [0.2, 0.25) is 0 Å². The number of H-pyrrole nitrogens is 1. The molecular formula is C45H47N5O5. The van der Waals surface area contributed by atoms with Crippen LogP contribution in [0.5, 0.6) is 0 Å². The largest absolute Gasteiger partial charge is 0.392 e. The Morgan fingerprint density at radius 3 is 2.18 bits per heavy atom. The van der Waals surface area contributed by atoms with Crippen LogP contribution in [0.25, 0.3) is 22.2 Å². The summed E-state index contributed by atoms with van der Waals surface area (Å²) in [5.41, 5.74) is 8.83. The van der Waals surface area contributed by atoms with Crippen molar-refractivity contribution in [3.8, 4) is 11.1 Å². The second kappa shape index (κ2) is 16.9. The number of rotatable bonds is 11. The summed E-state index contributed by atoms with van der Waals surface area (Å²) >= 11 is 0. The molecule has 0 bridgehead atoms. The van der Waals surface area contributed by atoms with Crippen LogP contribution in [0.4, 0.5) is 4.79 Å². The number of piperidine rings is 1. The SMILES string of the molecule is O=C(NCc1ccccc1)NCc1cccc(-c2ccc([C@@H]3O[C@H](CN4CCC(n5c(=O)[nH]c6ccccc65)CC4)C[C@H](c4ccc(CO)cc4)O3)cc2)c1. The number of ether oxygens (including phenoxy) is 2. The molecular weight excluding hydrogens is 691 g/mol. The highest BCUT2D eigenvalue weighted by atomic mass is 16.7. The van der Waals surface area contributed by atoms with Crippen molar-refractivity contribution in [3.05, 3.63) is 166 Å². The average Bonchev–Trinajstić information content (AvgIpc) is 3.58. The van der Waals surface area contributed by atoms with E-state index in [-0.39, 0.29) is 36.6 Å². The molecule has 0 radical (unpaired) electrons. The van der Waals surface area contributed by atoms with Crippen LogP contribution in [-0.4, -0.2) is 51.3 Å². The van der Waals surface area contributed by atoms with Gasteiger partial charge in [0.05, 0.1) is 29.8 Å². The molecule has 1 aromatic heterocycles. The molecule has 8 rings (SSSR count). The number of hydrogen-bond acceptors (Lipinski definition) is 6. The van der Waals surface area contributed by atoms with E-state index in [0.717, 1.165) is 82.5 Å². The average molecular weight is 738 g/mol. The lowest BCUT2D eigenvalue weighted by atomic mass is 9.98. The van der Waals surface area contributed by atoms with E-state index in [1.54, 1.807) is 0 Å². The predicted octanol–water partition coefficient (Wildman–Crippen LogP) is 7.37. The van der Waals surface area contributed by atoms with Crippen molar-refractivity contribution in [2.75, 3.05) is 19.6 Å². The number of carbonyl (C=O) groups is 1. The van der Waals surface area contributed by atoms with Crippen LogP contribution in [0, 0.1) is 0 Å². The first-order valence-electron chi connectivity index (χ1n) is 19.2. The van der Waals surface area contributed by atoms with E-state index >= 15 is 0 Å². The highest BCUT2D eigenvalue weighted by Gasteiger charge is 2.34. The molecule has 0 unspecified atom stereocenters. The first-order chi connectivity index (χ1) is 27.0. The summed E-state index contributed by atoms with van der Waals surface area (Å²) in [4.78, 5) is 30.8. The lowest BCUT2D eigenvalue weighted by Crippen LogP contribution is -2.43. The molecule has 55 heavy (non-hydrogen) atoms. The number of carbonyl (C=O) groups excluding carboxylic acids is 1. The van der Waals surface area contributed by atoms with Crippen LogP contribution in [0.1, 0.15) is 65.5 Å². The van der Waals surface area contributed by atoms with Crippen LogP contribution in [0.15, 0.2) is 132 Å². The quantitative estimate of drug-likeness (QED) is 0.110. The van der Waals surface area contributed by atoms with Crippen molar-refractivity contribution in [2.24, 2.45) is 0 Å². The van der Waals surface area contributed by atoms with E-state index in [1.165, 1.54) is 0 Å². The van der Waals surface area contributed by atoms with E-state index in [9.17, 15) is 14.7 Å². The van der Waals surface area contributed by atoms with Crippen molar-refractivity contribution < 1.29 is 19.4 Å². The van der Waals surface area contributed by atoms with Crippen LogP contribution >= 0.6 is 0 Å². The van der Waals surface area contributed by atoms with Crippen molar-refractivity contribution >= 4 is 17.1 Å². The maximum Gasteiger partial charge on any atom is 0.326 e. The fourth-order valence-electron chi connectivity index (χ4n) is 7.83. The zero-order valence-corrected chi connectivity index (χ0v) is 30.8. The molecule has 0 aliphatic carbocycles. The maximum absolute atomic E-state index is 12.9. The maximum atomic E-state index is 12.9. The second-order valence-electron chi connectivity index (χ2n) is 14.5.